The van der Waals surface area contributed by atoms with Gasteiger partial charge < -0.3 is 9.72 Å². The van der Waals surface area contributed by atoms with Crippen molar-refractivity contribution in [3.05, 3.63) is 89.4 Å². The van der Waals surface area contributed by atoms with Gasteiger partial charge in [0.2, 0.25) is 0 Å². The molecule has 4 aromatic rings. The number of benzene rings is 1. The van der Waals surface area contributed by atoms with Crippen molar-refractivity contribution < 1.29 is 9.53 Å². The van der Waals surface area contributed by atoms with Crippen molar-refractivity contribution in [2.45, 2.75) is 13.0 Å². The Bertz CT molecular complexity index is 1490. The molecule has 1 aliphatic rings. The highest BCUT2D eigenvalue weighted by Gasteiger charge is 2.33. The number of carbonyl (C=O) groups is 1. The molecule has 4 heterocycles. The van der Waals surface area contributed by atoms with Gasteiger partial charge in [-0.25, -0.2) is 9.79 Å². The third-order valence-corrected chi connectivity index (χ3v) is 7.06. The predicted molar refractivity (Wildman–Crippen MR) is 118 cm³/mol. The Morgan fingerprint density at radius 3 is 2.87 bits per heavy atom. The number of thiophene rings is 1. The summed E-state index contributed by atoms with van der Waals surface area (Å²) in [6.45, 7) is 1.78. The van der Waals surface area contributed by atoms with Crippen molar-refractivity contribution in [2.75, 3.05) is 7.11 Å². The highest BCUT2D eigenvalue weighted by Crippen LogP contribution is 2.33. The molecule has 0 saturated carbocycles. The van der Waals surface area contributed by atoms with E-state index >= 15 is 0 Å². The first-order valence-corrected chi connectivity index (χ1v) is 11.0. The number of nitrogens with zero attached hydrogens (tertiary/aromatic N) is 2. The van der Waals surface area contributed by atoms with Gasteiger partial charge in [0, 0.05) is 27.5 Å². The van der Waals surface area contributed by atoms with Gasteiger partial charge in [0.25, 0.3) is 5.56 Å². The lowest BCUT2D eigenvalue weighted by Crippen LogP contribution is -2.39. The molecule has 1 aromatic carbocycles. The second-order valence-corrected chi connectivity index (χ2v) is 8.87. The third-order valence-electron chi connectivity index (χ3n) is 5.15. The Balaban J connectivity index is 1.76. The first kappa shape index (κ1) is 18.8. The van der Waals surface area contributed by atoms with Gasteiger partial charge in [-0.05, 0) is 30.5 Å². The second-order valence-electron chi connectivity index (χ2n) is 6.88. The Morgan fingerprint density at radius 1 is 1.27 bits per heavy atom. The van der Waals surface area contributed by atoms with Gasteiger partial charge >= 0.3 is 5.97 Å². The molecule has 0 aliphatic carbocycles. The van der Waals surface area contributed by atoms with Crippen LogP contribution in [0.5, 0.6) is 0 Å². The second kappa shape index (κ2) is 7.23. The highest BCUT2D eigenvalue weighted by molar-refractivity contribution is 7.10. The van der Waals surface area contributed by atoms with E-state index < -0.39 is 12.0 Å². The lowest BCUT2D eigenvalue weighted by molar-refractivity contribution is -0.136. The lowest BCUT2D eigenvalue weighted by atomic mass is 10.0. The number of methoxy groups -OCH3 is 1. The number of aromatic amines is 1. The normalized spacial score (nSPS) is 16.6. The zero-order valence-electron chi connectivity index (χ0n) is 16.2. The van der Waals surface area contributed by atoms with Crippen LogP contribution in [-0.2, 0) is 9.53 Å². The predicted octanol–water partition coefficient (Wildman–Crippen LogP) is 2.95. The Labute approximate surface area is 179 Å². The van der Waals surface area contributed by atoms with E-state index in [0.29, 0.717) is 20.6 Å². The van der Waals surface area contributed by atoms with Crippen LogP contribution in [0.4, 0.5) is 0 Å². The molecule has 0 amide bonds. The van der Waals surface area contributed by atoms with Gasteiger partial charge in [0.05, 0.1) is 22.9 Å². The van der Waals surface area contributed by atoms with Crippen LogP contribution in [0.1, 0.15) is 23.4 Å². The van der Waals surface area contributed by atoms with Crippen LogP contribution in [-0.4, -0.2) is 22.6 Å². The van der Waals surface area contributed by atoms with Gasteiger partial charge in [-0.1, -0.05) is 35.6 Å². The van der Waals surface area contributed by atoms with Gasteiger partial charge in [-0.3, -0.25) is 9.36 Å². The number of rotatable bonds is 3. The molecule has 1 atom stereocenters. The number of fused-ring (bicyclic) bond motifs is 2. The van der Waals surface area contributed by atoms with E-state index in [-0.39, 0.29) is 5.56 Å². The summed E-state index contributed by atoms with van der Waals surface area (Å²) < 4.78 is 7.18. The molecule has 1 unspecified atom stereocenters. The molecule has 0 bridgehead atoms. The van der Waals surface area contributed by atoms with E-state index in [1.165, 1.54) is 29.8 Å². The zero-order chi connectivity index (χ0) is 20.8. The number of allylic oxidation sites excluding steroid dienone is 1. The Morgan fingerprint density at radius 2 is 2.10 bits per heavy atom. The van der Waals surface area contributed by atoms with Crippen molar-refractivity contribution in [1.82, 2.24) is 9.55 Å². The molecule has 5 rings (SSSR count). The topological polar surface area (TPSA) is 76.4 Å². The van der Waals surface area contributed by atoms with Gasteiger partial charge in [-0.2, -0.15) is 0 Å². The summed E-state index contributed by atoms with van der Waals surface area (Å²) in [5.41, 5.74) is 2.74. The number of para-hydroxylation sites is 1. The lowest BCUT2D eigenvalue weighted by Gasteiger charge is -2.22. The molecule has 1 N–H and O–H groups in total. The summed E-state index contributed by atoms with van der Waals surface area (Å²) in [6, 6.07) is 11.2. The van der Waals surface area contributed by atoms with Crippen molar-refractivity contribution in [3.63, 3.8) is 0 Å². The number of hydrogen-bond donors (Lipinski definition) is 1. The SMILES string of the molecule is COC(=O)C1=C(C)N=c2sc(=Cc3c[nH]c4ccccc34)c(=O)n2C1c1cccs1. The van der Waals surface area contributed by atoms with Crippen LogP contribution in [0.25, 0.3) is 17.0 Å². The Hall–Kier alpha value is -3.23. The van der Waals surface area contributed by atoms with Crippen LogP contribution in [0, 0.1) is 0 Å². The summed E-state index contributed by atoms with van der Waals surface area (Å²) >= 11 is 2.83. The molecule has 3 aromatic heterocycles. The number of nitrogens with one attached hydrogen (secondary N) is 1. The fraction of sp³-hybridized carbons (Fsp3) is 0.136. The first-order valence-electron chi connectivity index (χ1n) is 9.29. The summed E-state index contributed by atoms with van der Waals surface area (Å²) in [4.78, 5) is 35.3. The van der Waals surface area contributed by atoms with Gasteiger partial charge in [0.1, 0.15) is 6.04 Å². The van der Waals surface area contributed by atoms with Crippen molar-refractivity contribution >= 4 is 45.6 Å². The number of aromatic nitrogens is 2. The molecule has 8 heteroatoms. The van der Waals surface area contributed by atoms with E-state index in [4.69, 9.17) is 4.74 Å². The monoisotopic (exact) mass is 435 g/mol. The molecule has 150 valence electrons. The smallest absolute Gasteiger partial charge is 0.338 e. The van der Waals surface area contributed by atoms with Crippen molar-refractivity contribution in [1.29, 1.82) is 0 Å². The van der Waals surface area contributed by atoms with Gasteiger partial charge in [0.15, 0.2) is 4.80 Å². The van der Waals surface area contributed by atoms with E-state index in [1.807, 2.05) is 54.1 Å². The number of thiazole rings is 1. The van der Waals surface area contributed by atoms with Crippen LogP contribution in [0.3, 0.4) is 0 Å². The number of ether oxygens (including phenoxy) is 1. The van der Waals surface area contributed by atoms with Crippen molar-refractivity contribution in [3.8, 4) is 0 Å². The maximum absolute atomic E-state index is 13.4. The molecule has 0 saturated heterocycles. The molecule has 0 radical (unpaired) electrons. The minimum Gasteiger partial charge on any atom is -0.466 e. The summed E-state index contributed by atoms with van der Waals surface area (Å²) in [5, 5.41) is 2.98. The van der Waals surface area contributed by atoms with E-state index in [9.17, 15) is 9.59 Å². The number of esters is 1. The quantitative estimate of drug-likeness (QED) is 0.503. The molecule has 6 nitrogen and oxygen atoms in total. The fourth-order valence-electron chi connectivity index (χ4n) is 3.76. The average Bonchev–Trinajstić information content (AvgIpc) is 3.48. The number of hydrogen-bond acceptors (Lipinski definition) is 6. The molecule has 1 aliphatic heterocycles. The van der Waals surface area contributed by atoms with Crippen molar-refractivity contribution in [2.24, 2.45) is 4.99 Å². The van der Waals surface area contributed by atoms with E-state index in [0.717, 1.165) is 21.3 Å². The molecular formula is C22H17N3O3S2. The Kier molecular flexibility index (Phi) is 4.52. The maximum Gasteiger partial charge on any atom is 0.338 e. The molecular weight excluding hydrogens is 418 g/mol. The summed E-state index contributed by atoms with van der Waals surface area (Å²) in [5.74, 6) is -0.472. The van der Waals surface area contributed by atoms with Crippen LogP contribution >= 0.6 is 22.7 Å². The largest absolute Gasteiger partial charge is 0.466 e. The maximum atomic E-state index is 13.4. The summed E-state index contributed by atoms with van der Waals surface area (Å²) in [6.07, 6.45) is 3.77. The molecule has 30 heavy (non-hydrogen) atoms. The van der Waals surface area contributed by atoms with Crippen LogP contribution in [0.15, 0.2) is 69.0 Å². The van der Waals surface area contributed by atoms with E-state index in [2.05, 4.69) is 9.98 Å². The molecule has 0 fully saturated rings. The molecule has 0 spiro atoms. The first-order chi connectivity index (χ1) is 14.6. The van der Waals surface area contributed by atoms with Crippen LogP contribution in [0.2, 0.25) is 0 Å². The standard InChI is InChI=1S/C22H17N3O3S2/c1-12-18(21(27)28-2)19(16-8-5-9-29-16)25-20(26)17(30-22(25)24-12)10-13-11-23-15-7-4-3-6-14(13)15/h3-11,19,23H,1-2H3. The number of carbonyl (C=O) groups excluding carboxylic acids is 1. The number of H-pyrrole nitrogens is 1. The third kappa shape index (κ3) is 2.88. The van der Waals surface area contributed by atoms with Crippen LogP contribution < -0.4 is 14.9 Å². The van der Waals surface area contributed by atoms with E-state index in [1.54, 1.807) is 11.5 Å². The minimum atomic E-state index is -0.543. The zero-order valence-corrected chi connectivity index (χ0v) is 17.8. The fourth-order valence-corrected chi connectivity index (χ4v) is 5.62. The average molecular weight is 436 g/mol. The highest BCUT2D eigenvalue weighted by atomic mass is 32.1. The van der Waals surface area contributed by atoms with Gasteiger partial charge in [-0.15, -0.1) is 11.3 Å². The summed E-state index contributed by atoms with van der Waals surface area (Å²) in [7, 11) is 1.34. The minimum absolute atomic E-state index is 0.170.